The van der Waals surface area contributed by atoms with Crippen LogP contribution in [0.1, 0.15) is 43.5 Å². The molecular weight excluding hydrogens is 236 g/mol. The summed E-state index contributed by atoms with van der Waals surface area (Å²) < 4.78 is 0. The molecule has 0 saturated heterocycles. The summed E-state index contributed by atoms with van der Waals surface area (Å²) in [6.07, 6.45) is 3.20. The maximum absolute atomic E-state index is 11.9. The smallest absolute Gasteiger partial charge is 0.253 e. The lowest BCUT2D eigenvalue weighted by Gasteiger charge is -2.14. The second-order valence-corrected chi connectivity index (χ2v) is 4.68. The number of carbonyl (C=O) groups is 1. The van der Waals surface area contributed by atoms with Crippen molar-refractivity contribution in [3.05, 3.63) is 28.8 Å². The van der Waals surface area contributed by atoms with Gasteiger partial charge in [-0.25, -0.2) is 0 Å². The Bertz CT molecular complexity index is 393. The van der Waals surface area contributed by atoms with E-state index in [1.807, 2.05) is 6.92 Å². The van der Waals surface area contributed by atoms with Crippen LogP contribution in [0.15, 0.2) is 18.2 Å². The zero-order valence-corrected chi connectivity index (χ0v) is 11.1. The molecule has 1 unspecified atom stereocenters. The molecule has 0 aliphatic rings. The lowest BCUT2D eigenvalue weighted by atomic mass is 10.1. The normalized spacial score (nSPS) is 12.2. The number of unbranched alkanes of at least 4 members (excludes halogenated alkanes) is 1. The van der Waals surface area contributed by atoms with Crippen molar-refractivity contribution in [2.24, 2.45) is 0 Å². The summed E-state index contributed by atoms with van der Waals surface area (Å²) in [4.78, 5) is 11.9. The van der Waals surface area contributed by atoms with E-state index in [0.717, 1.165) is 19.3 Å². The highest BCUT2D eigenvalue weighted by Gasteiger charge is 2.12. The van der Waals surface area contributed by atoms with E-state index in [-0.39, 0.29) is 11.9 Å². The predicted octanol–water partition coefficient (Wildman–Crippen LogP) is 3.23. The summed E-state index contributed by atoms with van der Waals surface area (Å²) >= 11 is 5.85. The van der Waals surface area contributed by atoms with Crippen molar-refractivity contribution in [2.75, 3.05) is 5.73 Å². The molecule has 0 saturated carbocycles. The van der Waals surface area contributed by atoms with Crippen LogP contribution in [0.25, 0.3) is 0 Å². The zero-order valence-electron chi connectivity index (χ0n) is 10.3. The molecule has 0 aromatic heterocycles. The first-order valence-electron chi connectivity index (χ1n) is 5.90. The average molecular weight is 255 g/mol. The van der Waals surface area contributed by atoms with Gasteiger partial charge in [0.2, 0.25) is 0 Å². The first kappa shape index (κ1) is 13.8. The number of rotatable bonds is 5. The number of benzene rings is 1. The number of hydrogen-bond acceptors (Lipinski definition) is 2. The number of anilines is 1. The number of nitrogens with one attached hydrogen (secondary N) is 1. The fraction of sp³-hybridized carbons (Fsp3) is 0.462. The Labute approximate surface area is 107 Å². The van der Waals surface area contributed by atoms with Crippen LogP contribution >= 0.6 is 11.6 Å². The van der Waals surface area contributed by atoms with E-state index in [1.54, 1.807) is 18.2 Å². The topological polar surface area (TPSA) is 55.1 Å². The fourth-order valence-electron chi connectivity index (χ4n) is 1.61. The lowest BCUT2D eigenvalue weighted by molar-refractivity contribution is 0.0939. The number of amides is 1. The highest BCUT2D eigenvalue weighted by atomic mass is 35.5. The van der Waals surface area contributed by atoms with Gasteiger partial charge in [0.05, 0.1) is 5.56 Å². The second kappa shape index (κ2) is 6.50. The van der Waals surface area contributed by atoms with Crippen LogP contribution in [0.5, 0.6) is 0 Å². The van der Waals surface area contributed by atoms with E-state index in [9.17, 15) is 4.79 Å². The molecule has 17 heavy (non-hydrogen) atoms. The fourth-order valence-corrected chi connectivity index (χ4v) is 1.78. The minimum Gasteiger partial charge on any atom is -0.398 e. The Morgan fingerprint density at radius 3 is 2.88 bits per heavy atom. The Morgan fingerprint density at radius 1 is 1.53 bits per heavy atom. The predicted molar refractivity (Wildman–Crippen MR) is 72.3 cm³/mol. The van der Waals surface area contributed by atoms with Crippen LogP contribution in [0.3, 0.4) is 0 Å². The molecule has 3 N–H and O–H groups in total. The van der Waals surface area contributed by atoms with Gasteiger partial charge in [0.25, 0.3) is 5.91 Å². The third-order valence-corrected chi connectivity index (χ3v) is 2.86. The van der Waals surface area contributed by atoms with Gasteiger partial charge >= 0.3 is 0 Å². The molecule has 1 aromatic rings. The molecule has 0 aliphatic carbocycles. The molecule has 0 fully saturated rings. The second-order valence-electron chi connectivity index (χ2n) is 4.25. The molecular formula is C13H19ClN2O. The standard InChI is InChI=1S/C13H19ClN2O/c1-3-4-5-9(2)16-13(17)11-8-10(14)6-7-12(11)15/h6-9H,3-5,15H2,1-2H3,(H,16,17). The van der Waals surface area contributed by atoms with Gasteiger partial charge in [-0.2, -0.15) is 0 Å². The van der Waals surface area contributed by atoms with Gasteiger partial charge in [0.1, 0.15) is 0 Å². The van der Waals surface area contributed by atoms with Crippen molar-refractivity contribution in [1.29, 1.82) is 0 Å². The van der Waals surface area contributed by atoms with Gasteiger partial charge < -0.3 is 11.1 Å². The largest absolute Gasteiger partial charge is 0.398 e. The van der Waals surface area contributed by atoms with Crippen molar-refractivity contribution in [2.45, 2.75) is 39.2 Å². The van der Waals surface area contributed by atoms with Crippen LogP contribution in [0, 0.1) is 0 Å². The number of carbonyl (C=O) groups excluding carboxylic acids is 1. The van der Waals surface area contributed by atoms with E-state index in [4.69, 9.17) is 17.3 Å². The molecule has 1 aromatic carbocycles. The van der Waals surface area contributed by atoms with Gasteiger partial charge in [-0.15, -0.1) is 0 Å². The molecule has 1 atom stereocenters. The summed E-state index contributed by atoms with van der Waals surface area (Å²) in [5.41, 5.74) is 6.65. The minimum absolute atomic E-state index is 0.154. The molecule has 1 amide bonds. The molecule has 0 heterocycles. The number of halogens is 1. The van der Waals surface area contributed by atoms with Crippen LogP contribution in [-0.4, -0.2) is 11.9 Å². The maximum atomic E-state index is 11.9. The summed E-state index contributed by atoms with van der Waals surface area (Å²) in [7, 11) is 0. The third-order valence-electron chi connectivity index (χ3n) is 2.63. The highest BCUT2D eigenvalue weighted by molar-refractivity contribution is 6.31. The van der Waals surface area contributed by atoms with Gasteiger partial charge in [0, 0.05) is 16.8 Å². The maximum Gasteiger partial charge on any atom is 0.253 e. The van der Waals surface area contributed by atoms with Crippen LogP contribution in [0.2, 0.25) is 5.02 Å². The van der Waals surface area contributed by atoms with Crippen molar-refractivity contribution >= 4 is 23.2 Å². The molecule has 0 aliphatic heterocycles. The van der Waals surface area contributed by atoms with Crippen molar-refractivity contribution in [3.8, 4) is 0 Å². The van der Waals surface area contributed by atoms with Crippen molar-refractivity contribution in [3.63, 3.8) is 0 Å². The quantitative estimate of drug-likeness (QED) is 0.793. The first-order valence-corrected chi connectivity index (χ1v) is 6.28. The Kier molecular flexibility index (Phi) is 5.29. The molecule has 0 radical (unpaired) electrons. The summed E-state index contributed by atoms with van der Waals surface area (Å²) in [6, 6.07) is 5.07. The van der Waals surface area contributed by atoms with Gasteiger partial charge in [-0.3, -0.25) is 4.79 Å². The number of nitrogens with two attached hydrogens (primary N) is 1. The Balaban J connectivity index is 2.66. The first-order chi connectivity index (χ1) is 8.04. The van der Waals surface area contributed by atoms with E-state index in [2.05, 4.69) is 12.2 Å². The van der Waals surface area contributed by atoms with Gasteiger partial charge in [-0.1, -0.05) is 31.4 Å². The highest BCUT2D eigenvalue weighted by Crippen LogP contribution is 2.18. The molecule has 3 nitrogen and oxygen atoms in total. The number of hydrogen-bond donors (Lipinski definition) is 2. The SMILES string of the molecule is CCCCC(C)NC(=O)c1cc(Cl)ccc1N. The van der Waals surface area contributed by atoms with E-state index in [0.29, 0.717) is 16.3 Å². The van der Waals surface area contributed by atoms with Crippen molar-refractivity contribution < 1.29 is 4.79 Å². The minimum atomic E-state index is -0.159. The van der Waals surface area contributed by atoms with Crippen molar-refractivity contribution in [1.82, 2.24) is 5.32 Å². The van der Waals surface area contributed by atoms with Crippen LogP contribution < -0.4 is 11.1 Å². The summed E-state index contributed by atoms with van der Waals surface area (Å²) in [5.74, 6) is -0.159. The molecule has 94 valence electrons. The summed E-state index contributed by atoms with van der Waals surface area (Å²) in [6.45, 7) is 4.12. The van der Waals surface area contributed by atoms with Gasteiger partial charge in [-0.05, 0) is 31.5 Å². The van der Waals surface area contributed by atoms with Crippen LogP contribution in [-0.2, 0) is 0 Å². The Morgan fingerprint density at radius 2 is 2.24 bits per heavy atom. The average Bonchev–Trinajstić information content (AvgIpc) is 2.29. The van der Waals surface area contributed by atoms with Crippen LogP contribution in [0.4, 0.5) is 5.69 Å². The molecule has 0 bridgehead atoms. The Hall–Kier alpha value is -1.22. The monoisotopic (exact) mass is 254 g/mol. The van der Waals surface area contributed by atoms with E-state index >= 15 is 0 Å². The zero-order chi connectivity index (χ0) is 12.8. The van der Waals surface area contributed by atoms with E-state index in [1.165, 1.54) is 0 Å². The van der Waals surface area contributed by atoms with Gasteiger partial charge in [0.15, 0.2) is 0 Å². The lowest BCUT2D eigenvalue weighted by Crippen LogP contribution is -2.32. The molecule has 0 spiro atoms. The summed E-state index contributed by atoms with van der Waals surface area (Å²) in [5, 5.41) is 3.44. The van der Waals surface area contributed by atoms with E-state index < -0.39 is 0 Å². The molecule has 4 heteroatoms. The third kappa shape index (κ3) is 4.27. The number of nitrogen functional groups attached to an aromatic ring is 1. The molecule has 1 rings (SSSR count).